The van der Waals surface area contributed by atoms with E-state index in [0.29, 0.717) is 25.4 Å². The molecule has 6 heteroatoms. The van der Waals surface area contributed by atoms with E-state index < -0.39 is 5.97 Å². The number of aromatic nitrogens is 1. The van der Waals surface area contributed by atoms with Crippen molar-refractivity contribution in [2.45, 2.75) is 58.7 Å². The molecule has 0 unspecified atom stereocenters. The Hall–Kier alpha value is -2.89. The van der Waals surface area contributed by atoms with Crippen LogP contribution in [0.1, 0.15) is 65.3 Å². The molecule has 0 radical (unpaired) electrons. The number of nitrogens with zero attached hydrogens (tertiary/aromatic N) is 2. The van der Waals surface area contributed by atoms with Gasteiger partial charge in [-0.15, -0.1) is 0 Å². The van der Waals surface area contributed by atoms with Crippen molar-refractivity contribution in [1.29, 1.82) is 0 Å². The number of carbonyl (C=O) groups is 1. The van der Waals surface area contributed by atoms with E-state index >= 15 is 0 Å². The summed E-state index contributed by atoms with van der Waals surface area (Å²) in [6.45, 7) is 5.95. The number of pyridine rings is 1. The Morgan fingerprint density at radius 2 is 1.68 bits per heavy atom. The van der Waals surface area contributed by atoms with E-state index in [9.17, 15) is 9.59 Å². The number of hydrogen-bond donors (Lipinski definition) is 1. The monoisotopic (exact) mass is 480 g/mol. The highest BCUT2D eigenvalue weighted by molar-refractivity contribution is 6.30. The zero-order valence-electron chi connectivity index (χ0n) is 20.1. The molecule has 34 heavy (non-hydrogen) atoms. The number of aryl methyl sites for hydroxylation is 1. The molecule has 1 fully saturated rings. The summed E-state index contributed by atoms with van der Waals surface area (Å²) >= 11 is 6.35. The van der Waals surface area contributed by atoms with Crippen molar-refractivity contribution < 1.29 is 9.90 Å². The molecule has 3 aromatic rings. The van der Waals surface area contributed by atoms with Gasteiger partial charge in [0.2, 0.25) is 0 Å². The van der Waals surface area contributed by atoms with Crippen molar-refractivity contribution in [2.75, 3.05) is 7.05 Å². The van der Waals surface area contributed by atoms with Crippen molar-refractivity contribution in [3.8, 4) is 0 Å². The molecule has 5 nitrogen and oxygen atoms in total. The predicted molar refractivity (Wildman–Crippen MR) is 138 cm³/mol. The first-order chi connectivity index (χ1) is 16.4. The number of carboxylic acid groups (broad SMARTS) is 1. The van der Waals surface area contributed by atoms with Gasteiger partial charge >= 0.3 is 5.97 Å². The fourth-order valence-electron chi connectivity index (χ4n) is 4.11. The lowest BCUT2D eigenvalue weighted by Gasteiger charge is -2.23. The Kier molecular flexibility index (Phi) is 9.08. The molecule has 0 atom stereocenters. The Morgan fingerprint density at radius 3 is 2.26 bits per heavy atom. The van der Waals surface area contributed by atoms with Gasteiger partial charge in [0, 0.05) is 25.3 Å². The second-order valence-electron chi connectivity index (χ2n) is 8.54. The standard InChI is InChI=1S/C26H27ClN2O3.C2H6/c1-28(16-19-5-3-2-4-6-19)17-24-22(20-11-12-20)15-23(27)25(30)29(24)14-13-18-7-9-21(10-8-18)26(31)32;1-2/h2-10,15,20H,11-14,16-17H2,1H3,(H,31,32);1-2H3. The van der Waals surface area contributed by atoms with Gasteiger partial charge in [-0.3, -0.25) is 9.69 Å². The molecule has 1 N–H and O–H groups in total. The van der Waals surface area contributed by atoms with E-state index in [0.717, 1.165) is 30.6 Å². The van der Waals surface area contributed by atoms with E-state index in [4.69, 9.17) is 16.7 Å². The van der Waals surface area contributed by atoms with Crippen LogP contribution >= 0.6 is 11.6 Å². The van der Waals surface area contributed by atoms with Crippen LogP contribution in [0.3, 0.4) is 0 Å². The topological polar surface area (TPSA) is 62.5 Å². The van der Waals surface area contributed by atoms with Crippen LogP contribution < -0.4 is 5.56 Å². The van der Waals surface area contributed by atoms with Gasteiger partial charge in [0.05, 0.1) is 5.56 Å². The minimum atomic E-state index is -0.944. The summed E-state index contributed by atoms with van der Waals surface area (Å²) in [6, 6.07) is 19.0. The number of aromatic carboxylic acids is 1. The van der Waals surface area contributed by atoms with Gasteiger partial charge < -0.3 is 9.67 Å². The maximum absolute atomic E-state index is 13.0. The third kappa shape index (κ3) is 6.58. The number of rotatable bonds is 9. The van der Waals surface area contributed by atoms with E-state index in [2.05, 4.69) is 24.1 Å². The summed E-state index contributed by atoms with van der Waals surface area (Å²) in [4.78, 5) is 26.3. The Morgan fingerprint density at radius 1 is 1.03 bits per heavy atom. The van der Waals surface area contributed by atoms with Gasteiger partial charge in [-0.1, -0.05) is 67.9 Å². The van der Waals surface area contributed by atoms with Crippen LogP contribution in [0.5, 0.6) is 0 Å². The molecule has 1 aromatic heterocycles. The molecule has 180 valence electrons. The Balaban J connectivity index is 0.00000158. The SMILES string of the molecule is CC.CN(Cc1ccccc1)Cc1c(C2CC2)cc(Cl)c(=O)n1CCc1ccc(C(=O)O)cc1. The van der Waals surface area contributed by atoms with Crippen LogP contribution in [0.2, 0.25) is 5.02 Å². The molecule has 0 aliphatic heterocycles. The van der Waals surface area contributed by atoms with Crippen LogP contribution in [0, 0.1) is 0 Å². The second kappa shape index (κ2) is 12.0. The lowest BCUT2D eigenvalue weighted by atomic mass is 10.1. The summed E-state index contributed by atoms with van der Waals surface area (Å²) in [5.41, 5.74) is 4.51. The quantitative estimate of drug-likeness (QED) is 0.409. The van der Waals surface area contributed by atoms with Crippen molar-refractivity contribution in [2.24, 2.45) is 0 Å². The van der Waals surface area contributed by atoms with E-state index in [1.807, 2.05) is 54.8 Å². The lowest BCUT2D eigenvalue weighted by Crippen LogP contribution is -2.30. The van der Waals surface area contributed by atoms with Crippen LogP contribution in [-0.4, -0.2) is 27.6 Å². The van der Waals surface area contributed by atoms with Gasteiger partial charge in [0.1, 0.15) is 5.02 Å². The van der Waals surface area contributed by atoms with Gasteiger partial charge in [-0.25, -0.2) is 4.79 Å². The predicted octanol–water partition coefficient (Wildman–Crippen LogP) is 5.98. The maximum Gasteiger partial charge on any atom is 0.335 e. The van der Waals surface area contributed by atoms with Gasteiger partial charge in [0.15, 0.2) is 0 Å². The van der Waals surface area contributed by atoms with E-state index in [-0.39, 0.29) is 16.1 Å². The Labute approximate surface area is 206 Å². The molecular weight excluding hydrogens is 448 g/mol. The van der Waals surface area contributed by atoms with Crippen molar-refractivity contribution in [1.82, 2.24) is 9.47 Å². The molecular formula is C28H33ClN2O3. The van der Waals surface area contributed by atoms with Crippen LogP contribution in [-0.2, 0) is 26.1 Å². The maximum atomic E-state index is 13.0. The fraction of sp³-hybridized carbons (Fsp3) is 0.357. The van der Waals surface area contributed by atoms with Gasteiger partial charge in [0.25, 0.3) is 5.56 Å². The third-order valence-electron chi connectivity index (χ3n) is 5.95. The summed E-state index contributed by atoms with van der Waals surface area (Å²) in [5.74, 6) is -0.477. The highest BCUT2D eigenvalue weighted by atomic mass is 35.5. The molecule has 0 spiro atoms. The zero-order valence-corrected chi connectivity index (χ0v) is 20.9. The van der Waals surface area contributed by atoms with Crippen molar-refractivity contribution in [3.05, 3.63) is 104 Å². The molecule has 1 aliphatic carbocycles. The Bertz CT molecular complexity index is 1150. The summed E-state index contributed by atoms with van der Waals surface area (Å²) in [7, 11) is 2.07. The number of carboxylic acids is 1. The van der Waals surface area contributed by atoms with Crippen LogP contribution in [0.25, 0.3) is 0 Å². The molecule has 0 bridgehead atoms. The molecule has 0 saturated heterocycles. The number of benzene rings is 2. The molecule has 1 heterocycles. The third-order valence-corrected chi connectivity index (χ3v) is 6.22. The number of hydrogen-bond acceptors (Lipinski definition) is 3. The minimum absolute atomic E-state index is 0.165. The molecule has 2 aromatic carbocycles. The zero-order chi connectivity index (χ0) is 24.7. The first-order valence-electron chi connectivity index (χ1n) is 11.9. The summed E-state index contributed by atoms with van der Waals surface area (Å²) in [5, 5.41) is 9.37. The van der Waals surface area contributed by atoms with Gasteiger partial charge in [-0.2, -0.15) is 0 Å². The molecule has 4 rings (SSSR count). The number of halogens is 1. The normalized spacial score (nSPS) is 12.9. The largest absolute Gasteiger partial charge is 0.478 e. The molecule has 0 amide bonds. The van der Waals surface area contributed by atoms with Crippen molar-refractivity contribution >= 4 is 17.6 Å². The smallest absolute Gasteiger partial charge is 0.335 e. The molecule has 1 aliphatic rings. The summed E-state index contributed by atoms with van der Waals surface area (Å²) < 4.78 is 1.82. The minimum Gasteiger partial charge on any atom is -0.478 e. The second-order valence-corrected chi connectivity index (χ2v) is 8.94. The highest BCUT2D eigenvalue weighted by Gasteiger charge is 2.29. The first kappa shape index (κ1) is 25.7. The van der Waals surface area contributed by atoms with Gasteiger partial charge in [-0.05, 0) is 67.1 Å². The summed E-state index contributed by atoms with van der Waals surface area (Å²) in [6.07, 6.45) is 2.88. The lowest BCUT2D eigenvalue weighted by molar-refractivity contribution is 0.0697. The van der Waals surface area contributed by atoms with Crippen LogP contribution in [0.15, 0.2) is 65.5 Å². The highest BCUT2D eigenvalue weighted by Crippen LogP contribution is 2.42. The molecule has 1 saturated carbocycles. The van der Waals surface area contributed by atoms with Crippen molar-refractivity contribution in [3.63, 3.8) is 0 Å². The van der Waals surface area contributed by atoms with E-state index in [1.54, 1.807) is 12.1 Å². The average Bonchev–Trinajstić information content (AvgIpc) is 3.68. The van der Waals surface area contributed by atoms with Crippen LogP contribution in [0.4, 0.5) is 0 Å². The average molecular weight is 481 g/mol. The fourth-order valence-corrected chi connectivity index (χ4v) is 4.33. The van der Waals surface area contributed by atoms with E-state index in [1.165, 1.54) is 11.1 Å². The first-order valence-corrected chi connectivity index (χ1v) is 12.3.